The smallest absolute Gasteiger partial charge is 0.262 e. The van der Waals surface area contributed by atoms with Gasteiger partial charge in [0.25, 0.3) is 5.91 Å². The van der Waals surface area contributed by atoms with Crippen molar-refractivity contribution in [1.29, 1.82) is 0 Å². The number of ether oxygens (including phenoxy) is 2. The molecular formula is C25H21NO5. The SMILES string of the molecule is Cc1cc(C)cc(Oc2coc3cc(OCC(=O)Nc4ccccc4)ccc3c2=O)c1. The van der Waals surface area contributed by atoms with Crippen molar-refractivity contribution in [3.63, 3.8) is 0 Å². The topological polar surface area (TPSA) is 77.8 Å². The van der Waals surface area contributed by atoms with Crippen molar-refractivity contribution < 1.29 is 18.7 Å². The Kier molecular flexibility index (Phi) is 5.71. The fraction of sp³-hybridized carbons (Fsp3) is 0.120. The number of amides is 1. The predicted octanol–water partition coefficient (Wildman–Crippen LogP) is 5.22. The molecule has 4 rings (SSSR count). The summed E-state index contributed by atoms with van der Waals surface area (Å²) >= 11 is 0. The number of fused-ring (bicyclic) bond motifs is 1. The third-order valence-corrected chi connectivity index (χ3v) is 4.56. The number of carbonyl (C=O) groups excluding carboxylic acids is 1. The molecule has 0 unspecified atom stereocenters. The minimum absolute atomic E-state index is 0.105. The molecule has 0 aliphatic carbocycles. The molecule has 156 valence electrons. The third-order valence-electron chi connectivity index (χ3n) is 4.56. The summed E-state index contributed by atoms with van der Waals surface area (Å²) < 4.78 is 16.9. The van der Waals surface area contributed by atoms with Gasteiger partial charge in [-0.3, -0.25) is 9.59 Å². The van der Waals surface area contributed by atoms with Crippen LogP contribution >= 0.6 is 0 Å². The van der Waals surface area contributed by atoms with E-state index in [0.717, 1.165) is 11.1 Å². The Bertz CT molecular complexity index is 1270. The Morgan fingerprint density at radius 3 is 2.42 bits per heavy atom. The fourth-order valence-electron chi connectivity index (χ4n) is 3.24. The molecule has 0 atom stereocenters. The van der Waals surface area contributed by atoms with Crippen molar-refractivity contribution in [2.24, 2.45) is 0 Å². The summed E-state index contributed by atoms with van der Waals surface area (Å²) in [4.78, 5) is 24.8. The van der Waals surface area contributed by atoms with E-state index >= 15 is 0 Å². The first-order valence-electron chi connectivity index (χ1n) is 9.77. The highest BCUT2D eigenvalue weighted by atomic mass is 16.5. The second-order valence-corrected chi connectivity index (χ2v) is 7.22. The largest absolute Gasteiger partial charge is 0.484 e. The summed E-state index contributed by atoms with van der Waals surface area (Å²) in [6, 6.07) is 19.6. The van der Waals surface area contributed by atoms with Gasteiger partial charge in [0, 0.05) is 11.8 Å². The molecule has 0 bridgehead atoms. The van der Waals surface area contributed by atoms with Gasteiger partial charge in [-0.05, 0) is 61.4 Å². The van der Waals surface area contributed by atoms with E-state index in [0.29, 0.717) is 28.2 Å². The van der Waals surface area contributed by atoms with Gasteiger partial charge in [-0.1, -0.05) is 24.3 Å². The van der Waals surface area contributed by atoms with E-state index in [1.165, 1.54) is 6.26 Å². The van der Waals surface area contributed by atoms with Gasteiger partial charge in [0.1, 0.15) is 23.3 Å². The number of anilines is 1. The number of nitrogens with one attached hydrogen (secondary N) is 1. The Hall–Kier alpha value is -4.06. The lowest BCUT2D eigenvalue weighted by Gasteiger charge is -2.09. The van der Waals surface area contributed by atoms with Gasteiger partial charge in [0.05, 0.1) is 5.39 Å². The van der Waals surface area contributed by atoms with Gasteiger partial charge in [-0.2, -0.15) is 0 Å². The van der Waals surface area contributed by atoms with Crippen LogP contribution in [0.5, 0.6) is 17.2 Å². The van der Waals surface area contributed by atoms with E-state index in [1.54, 1.807) is 30.3 Å². The van der Waals surface area contributed by atoms with E-state index in [9.17, 15) is 9.59 Å². The van der Waals surface area contributed by atoms with Crippen LogP contribution in [0, 0.1) is 13.8 Å². The zero-order valence-electron chi connectivity index (χ0n) is 17.2. The Labute approximate surface area is 179 Å². The summed E-state index contributed by atoms with van der Waals surface area (Å²) in [6.07, 6.45) is 1.29. The molecule has 4 aromatic rings. The van der Waals surface area contributed by atoms with Crippen LogP contribution < -0.4 is 20.2 Å². The highest BCUT2D eigenvalue weighted by Gasteiger charge is 2.11. The number of carbonyl (C=O) groups is 1. The van der Waals surface area contributed by atoms with Gasteiger partial charge in [-0.25, -0.2) is 0 Å². The molecule has 0 aliphatic rings. The van der Waals surface area contributed by atoms with Gasteiger partial charge < -0.3 is 19.2 Å². The van der Waals surface area contributed by atoms with Gasteiger partial charge in [0.2, 0.25) is 11.2 Å². The molecule has 0 saturated heterocycles. The van der Waals surface area contributed by atoms with E-state index < -0.39 is 0 Å². The standard InChI is InChI=1S/C25H21NO5/c1-16-10-17(2)12-20(11-16)31-23-14-30-22-13-19(8-9-21(22)25(23)28)29-15-24(27)26-18-6-4-3-5-7-18/h3-14H,15H2,1-2H3,(H,26,27). The molecule has 1 amide bonds. The average Bonchev–Trinajstić information content (AvgIpc) is 2.74. The van der Waals surface area contributed by atoms with Crippen molar-refractivity contribution >= 4 is 22.6 Å². The highest BCUT2D eigenvalue weighted by molar-refractivity contribution is 5.91. The summed E-state index contributed by atoms with van der Waals surface area (Å²) in [7, 11) is 0. The Balaban J connectivity index is 1.48. The first-order chi connectivity index (χ1) is 15.0. The van der Waals surface area contributed by atoms with Crippen LogP contribution in [0.2, 0.25) is 0 Å². The number of hydrogen-bond donors (Lipinski definition) is 1. The maximum Gasteiger partial charge on any atom is 0.262 e. The lowest BCUT2D eigenvalue weighted by molar-refractivity contribution is -0.118. The van der Waals surface area contributed by atoms with Gasteiger partial charge in [0.15, 0.2) is 6.61 Å². The van der Waals surface area contributed by atoms with Crippen LogP contribution in [0.25, 0.3) is 11.0 Å². The molecule has 0 fully saturated rings. The normalized spacial score (nSPS) is 10.6. The summed E-state index contributed by atoms with van der Waals surface area (Å²) in [5.41, 5.74) is 2.83. The first-order valence-corrected chi connectivity index (χ1v) is 9.77. The molecule has 31 heavy (non-hydrogen) atoms. The molecule has 6 heteroatoms. The number of aryl methyl sites for hydroxylation is 2. The van der Waals surface area contributed by atoms with Gasteiger partial charge >= 0.3 is 0 Å². The molecule has 0 saturated carbocycles. The molecule has 0 radical (unpaired) electrons. The van der Waals surface area contributed by atoms with Crippen LogP contribution in [0.4, 0.5) is 5.69 Å². The summed E-state index contributed by atoms with van der Waals surface area (Å²) in [6.45, 7) is 3.76. The molecule has 1 N–H and O–H groups in total. The number of hydrogen-bond acceptors (Lipinski definition) is 5. The van der Waals surface area contributed by atoms with Crippen LogP contribution in [0.3, 0.4) is 0 Å². The lowest BCUT2D eigenvalue weighted by atomic mass is 10.1. The quantitative estimate of drug-likeness (QED) is 0.467. The minimum atomic E-state index is -0.287. The lowest BCUT2D eigenvalue weighted by Crippen LogP contribution is -2.20. The number of rotatable bonds is 6. The fourth-order valence-corrected chi connectivity index (χ4v) is 3.24. The van der Waals surface area contributed by atoms with Crippen LogP contribution in [-0.4, -0.2) is 12.5 Å². The maximum atomic E-state index is 12.8. The van der Waals surface area contributed by atoms with E-state index in [4.69, 9.17) is 13.9 Å². The van der Waals surface area contributed by atoms with E-state index in [-0.39, 0.29) is 23.7 Å². The molecule has 1 aromatic heterocycles. The van der Waals surface area contributed by atoms with Crippen LogP contribution in [-0.2, 0) is 4.79 Å². The Morgan fingerprint density at radius 2 is 1.68 bits per heavy atom. The molecule has 1 heterocycles. The predicted molar refractivity (Wildman–Crippen MR) is 119 cm³/mol. The third kappa shape index (κ3) is 4.93. The van der Waals surface area contributed by atoms with Crippen LogP contribution in [0.1, 0.15) is 11.1 Å². The van der Waals surface area contributed by atoms with Gasteiger partial charge in [-0.15, -0.1) is 0 Å². The number of benzene rings is 3. The van der Waals surface area contributed by atoms with E-state index in [1.807, 2.05) is 50.2 Å². The summed E-state index contributed by atoms with van der Waals surface area (Å²) in [5.74, 6) is 0.814. The molecule has 3 aromatic carbocycles. The van der Waals surface area contributed by atoms with Crippen molar-refractivity contribution in [2.75, 3.05) is 11.9 Å². The van der Waals surface area contributed by atoms with Crippen molar-refractivity contribution in [1.82, 2.24) is 0 Å². The minimum Gasteiger partial charge on any atom is -0.484 e. The molecule has 6 nitrogen and oxygen atoms in total. The first kappa shape index (κ1) is 20.2. The van der Waals surface area contributed by atoms with Crippen molar-refractivity contribution in [2.45, 2.75) is 13.8 Å². The zero-order valence-corrected chi connectivity index (χ0v) is 17.2. The average molecular weight is 415 g/mol. The zero-order chi connectivity index (χ0) is 21.8. The number of para-hydroxylation sites is 1. The Morgan fingerprint density at radius 1 is 0.935 bits per heavy atom. The molecule has 0 spiro atoms. The second-order valence-electron chi connectivity index (χ2n) is 7.22. The second kappa shape index (κ2) is 8.75. The van der Waals surface area contributed by atoms with Crippen molar-refractivity contribution in [3.8, 4) is 17.2 Å². The monoisotopic (exact) mass is 415 g/mol. The van der Waals surface area contributed by atoms with Crippen molar-refractivity contribution in [3.05, 3.63) is 94.3 Å². The van der Waals surface area contributed by atoms with Crippen LogP contribution in [0.15, 0.2) is 82.2 Å². The highest BCUT2D eigenvalue weighted by Crippen LogP contribution is 2.25. The molecular weight excluding hydrogens is 394 g/mol. The maximum absolute atomic E-state index is 12.8. The summed E-state index contributed by atoms with van der Waals surface area (Å²) in [5, 5.41) is 3.11. The van der Waals surface area contributed by atoms with E-state index in [2.05, 4.69) is 5.32 Å². The molecule has 0 aliphatic heterocycles.